The van der Waals surface area contributed by atoms with E-state index in [0.29, 0.717) is 10.4 Å². The minimum absolute atomic E-state index is 0.105. The fraction of sp³-hybridized carbons (Fsp3) is 0.0769. The first-order valence-electron chi connectivity index (χ1n) is 5.21. The number of rotatable bonds is 3. The monoisotopic (exact) mass is 260 g/mol. The molecule has 0 saturated carbocycles. The van der Waals surface area contributed by atoms with Gasteiger partial charge in [-0.25, -0.2) is 4.39 Å². The Kier molecular flexibility index (Phi) is 3.70. The van der Waals surface area contributed by atoms with Crippen LogP contribution < -0.4 is 5.32 Å². The molecule has 1 N–H and O–H groups in total. The molecule has 0 aliphatic carbocycles. The summed E-state index contributed by atoms with van der Waals surface area (Å²) in [6.45, 7) is 0.105. The number of halogens is 1. The third-order valence-electron chi connectivity index (χ3n) is 2.37. The normalized spacial score (nSPS) is 9.78. The molecule has 1 aromatic carbocycles. The largest absolute Gasteiger partial charge is 0.347 e. The Hall–Kier alpha value is -2.19. The zero-order chi connectivity index (χ0) is 13.0. The summed E-state index contributed by atoms with van der Waals surface area (Å²) in [5.41, 5.74) is 0.625. The topological polar surface area (TPSA) is 52.9 Å². The first kappa shape index (κ1) is 12.3. The van der Waals surface area contributed by atoms with Crippen molar-refractivity contribution in [3.05, 3.63) is 57.5 Å². The van der Waals surface area contributed by atoms with Gasteiger partial charge < -0.3 is 5.32 Å². The van der Waals surface area contributed by atoms with Crippen LogP contribution in [0.25, 0.3) is 0 Å². The van der Waals surface area contributed by atoms with Crippen molar-refractivity contribution in [3.8, 4) is 6.07 Å². The fourth-order valence-corrected chi connectivity index (χ4v) is 2.07. The highest BCUT2D eigenvalue weighted by Crippen LogP contribution is 2.11. The molecule has 0 aliphatic rings. The molecule has 0 atom stereocenters. The smallest absolute Gasteiger partial charge is 0.261 e. The van der Waals surface area contributed by atoms with Crippen molar-refractivity contribution < 1.29 is 9.18 Å². The van der Waals surface area contributed by atoms with Gasteiger partial charge in [0.15, 0.2) is 0 Å². The Labute approximate surface area is 107 Å². The van der Waals surface area contributed by atoms with Crippen LogP contribution in [0.2, 0.25) is 0 Å². The van der Waals surface area contributed by atoms with E-state index in [2.05, 4.69) is 5.32 Å². The van der Waals surface area contributed by atoms with Crippen LogP contribution >= 0.6 is 11.3 Å². The molecule has 0 fully saturated rings. The van der Waals surface area contributed by atoms with Crippen molar-refractivity contribution in [1.82, 2.24) is 5.32 Å². The van der Waals surface area contributed by atoms with Crippen molar-refractivity contribution in [2.24, 2.45) is 0 Å². The van der Waals surface area contributed by atoms with Gasteiger partial charge in [-0.3, -0.25) is 4.79 Å². The molecule has 3 nitrogen and oxygen atoms in total. The van der Waals surface area contributed by atoms with E-state index in [1.807, 2.05) is 6.07 Å². The van der Waals surface area contributed by atoms with Gasteiger partial charge in [-0.05, 0) is 23.6 Å². The molecule has 0 bridgehead atoms. The molecular formula is C13H9FN2OS. The second-order valence-electron chi connectivity index (χ2n) is 3.58. The van der Waals surface area contributed by atoms with Gasteiger partial charge in [0.2, 0.25) is 0 Å². The third kappa shape index (κ3) is 2.73. The van der Waals surface area contributed by atoms with Crippen molar-refractivity contribution in [2.75, 3.05) is 0 Å². The number of amides is 1. The summed E-state index contributed by atoms with van der Waals surface area (Å²) in [5, 5.41) is 13.0. The molecule has 1 heterocycles. The molecule has 0 aliphatic heterocycles. The van der Waals surface area contributed by atoms with Crippen molar-refractivity contribution in [3.63, 3.8) is 0 Å². The zero-order valence-electron chi connectivity index (χ0n) is 9.31. The van der Waals surface area contributed by atoms with Crippen molar-refractivity contribution in [2.45, 2.75) is 6.54 Å². The molecule has 1 amide bonds. The maximum atomic E-state index is 13.5. The molecule has 5 heteroatoms. The molecule has 0 saturated heterocycles. The predicted molar refractivity (Wildman–Crippen MR) is 66.6 cm³/mol. The Morgan fingerprint density at radius 1 is 1.44 bits per heavy atom. The number of carbonyl (C=O) groups excluding carboxylic acids is 1. The van der Waals surface area contributed by atoms with Gasteiger partial charge in [-0.15, -0.1) is 11.3 Å². The lowest BCUT2D eigenvalue weighted by molar-refractivity contribution is 0.0954. The number of nitrogens with zero attached hydrogens (tertiary/aromatic N) is 1. The number of benzene rings is 1. The van der Waals surface area contributed by atoms with E-state index in [1.165, 1.54) is 23.5 Å². The van der Waals surface area contributed by atoms with E-state index in [4.69, 9.17) is 5.26 Å². The van der Waals surface area contributed by atoms with Crippen molar-refractivity contribution >= 4 is 17.2 Å². The summed E-state index contributed by atoms with van der Waals surface area (Å²) in [5.74, 6) is -0.714. The average molecular weight is 260 g/mol. The zero-order valence-corrected chi connectivity index (χ0v) is 10.1. The molecule has 0 radical (unpaired) electrons. The van der Waals surface area contributed by atoms with Gasteiger partial charge in [0, 0.05) is 12.1 Å². The van der Waals surface area contributed by atoms with E-state index < -0.39 is 5.82 Å². The first-order valence-corrected chi connectivity index (χ1v) is 6.09. The Morgan fingerprint density at radius 2 is 2.28 bits per heavy atom. The Balaban J connectivity index is 2.03. The lowest BCUT2D eigenvalue weighted by atomic mass is 10.1. The summed E-state index contributed by atoms with van der Waals surface area (Å²) >= 11 is 1.33. The minimum atomic E-state index is -0.486. The lowest BCUT2D eigenvalue weighted by Crippen LogP contribution is -2.22. The van der Waals surface area contributed by atoms with E-state index in [0.717, 1.165) is 6.07 Å². The van der Waals surface area contributed by atoms with Gasteiger partial charge in [-0.2, -0.15) is 5.26 Å². The molecule has 2 rings (SSSR count). The van der Waals surface area contributed by atoms with Crippen LogP contribution in [0.4, 0.5) is 4.39 Å². The fourth-order valence-electron chi connectivity index (χ4n) is 1.43. The summed E-state index contributed by atoms with van der Waals surface area (Å²) in [4.78, 5) is 12.2. The van der Waals surface area contributed by atoms with E-state index in [1.54, 1.807) is 17.5 Å². The van der Waals surface area contributed by atoms with Gasteiger partial charge in [0.25, 0.3) is 5.91 Å². The molecule has 18 heavy (non-hydrogen) atoms. The number of thiophene rings is 1. The summed E-state index contributed by atoms with van der Waals surface area (Å²) in [7, 11) is 0. The third-order valence-corrected chi connectivity index (χ3v) is 3.24. The number of hydrogen-bond acceptors (Lipinski definition) is 3. The maximum absolute atomic E-state index is 13.5. The second-order valence-corrected chi connectivity index (χ2v) is 4.53. The summed E-state index contributed by atoms with van der Waals surface area (Å²) < 4.78 is 13.5. The number of nitriles is 1. The number of carbonyl (C=O) groups is 1. The average Bonchev–Trinajstić information content (AvgIpc) is 2.90. The predicted octanol–water partition coefficient (Wildman–Crippen LogP) is 2.69. The van der Waals surface area contributed by atoms with E-state index >= 15 is 0 Å². The second kappa shape index (κ2) is 5.43. The van der Waals surface area contributed by atoms with Gasteiger partial charge in [0.05, 0.1) is 16.5 Å². The number of nitrogens with one attached hydrogen (secondary N) is 1. The van der Waals surface area contributed by atoms with Gasteiger partial charge in [-0.1, -0.05) is 12.1 Å². The van der Waals surface area contributed by atoms with Gasteiger partial charge >= 0.3 is 0 Å². The first-order chi connectivity index (χ1) is 8.70. The molecule has 1 aromatic heterocycles. The van der Waals surface area contributed by atoms with Crippen LogP contribution in [0, 0.1) is 17.1 Å². The van der Waals surface area contributed by atoms with Crippen LogP contribution in [-0.2, 0) is 6.54 Å². The Morgan fingerprint density at radius 3 is 2.89 bits per heavy atom. The quantitative estimate of drug-likeness (QED) is 0.922. The van der Waals surface area contributed by atoms with Gasteiger partial charge in [0.1, 0.15) is 5.82 Å². The summed E-state index contributed by atoms with van der Waals surface area (Å²) in [6.07, 6.45) is 0. The molecular weight excluding hydrogens is 251 g/mol. The standard InChI is InChI=1S/C13H9FN2OS/c14-11-6-9(7-15)3-4-10(11)8-16-13(17)12-2-1-5-18-12/h1-6H,8H2,(H,16,17). The summed E-state index contributed by atoms with van der Waals surface area (Å²) in [6, 6.07) is 9.53. The molecule has 90 valence electrons. The van der Waals surface area contributed by atoms with E-state index in [-0.39, 0.29) is 18.0 Å². The number of hydrogen-bond donors (Lipinski definition) is 1. The Bertz CT molecular complexity index is 602. The highest BCUT2D eigenvalue weighted by Gasteiger charge is 2.08. The van der Waals surface area contributed by atoms with Crippen LogP contribution in [-0.4, -0.2) is 5.91 Å². The van der Waals surface area contributed by atoms with Crippen LogP contribution in [0.3, 0.4) is 0 Å². The highest BCUT2D eigenvalue weighted by molar-refractivity contribution is 7.12. The lowest BCUT2D eigenvalue weighted by Gasteiger charge is -2.05. The minimum Gasteiger partial charge on any atom is -0.347 e. The van der Waals surface area contributed by atoms with Crippen molar-refractivity contribution in [1.29, 1.82) is 5.26 Å². The molecule has 0 unspecified atom stereocenters. The van der Waals surface area contributed by atoms with Crippen LogP contribution in [0.1, 0.15) is 20.8 Å². The molecule has 0 spiro atoms. The highest BCUT2D eigenvalue weighted by atomic mass is 32.1. The van der Waals surface area contributed by atoms with E-state index in [9.17, 15) is 9.18 Å². The SMILES string of the molecule is N#Cc1ccc(CNC(=O)c2cccs2)c(F)c1. The maximum Gasteiger partial charge on any atom is 0.261 e. The van der Waals surface area contributed by atoms with Crippen LogP contribution in [0.5, 0.6) is 0 Å². The van der Waals surface area contributed by atoms with Crippen LogP contribution in [0.15, 0.2) is 35.7 Å². The molecule has 2 aromatic rings.